The van der Waals surface area contributed by atoms with E-state index < -0.39 is 23.8 Å². The maximum absolute atomic E-state index is 13.6. The zero-order valence-electron chi connectivity index (χ0n) is 21.4. The van der Waals surface area contributed by atoms with Crippen molar-refractivity contribution in [1.29, 1.82) is 0 Å². The summed E-state index contributed by atoms with van der Waals surface area (Å²) in [5, 5.41) is 5.81. The molecule has 0 aliphatic heterocycles. The Kier molecular flexibility index (Phi) is 10.3. The van der Waals surface area contributed by atoms with Gasteiger partial charge in [-0.15, -0.1) is 0 Å². The average Bonchev–Trinajstić information content (AvgIpc) is 2.76. The number of likely N-dealkylation sites (N-methyl/N-ethyl adjacent to an activating group) is 1. The van der Waals surface area contributed by atoms with Gasteiger partial charge in [-0.05, 0) is 71.1 Å². The number of nitrogens with one attached hydrogen (secondary N) is 2. The Balaban J connectivity index is 2.34. The van der Waals surface area contributed by atoms with Crippen LogP contribution >= 0.6 is 12.6 Å². The highest BCUT2D eigenvalue weighted by molar-refractivity contribution is 7.80. The van der Waals surface area contributed by atoms with Gasteiger partial charge < -0.3 is 20.3 Å². The van der Waals surface area contributed by atoms with Crippen LogP contribution in [0.5, 0.6) is 0 Å². The number of rotatable bonds is 8. The molecule has 1 aliphatic rings. The van der Waals surface area contributed by atoms with Gasteiger partial charge in [0.2, 0.25) is 11.8 Å². The summed E-state index contributed by atoms with van der Waals surface area (Å²) in [6.45, 7) is 11.4. The van der Waals surface area contributed by atoms with Crippen LogP contribution in [0.25, 0.3) is 0 Å². The molecular weight excluding hydrogens is 450 g/mol. The minimum absolute atomic E-state index is 0.0818. The molecule has 1 aromatic rings. The summed E-state index contributed by atoms with van der Waals surface area (Å²) in [4.78, 5) is 41.1. The molecule has 0 radical (unpaired) electrons. The Hall–Kier alpha value is -2.22. The average molecular weight is 492 g/mol. The first-order chi connectivity index (χ1) is 16.0. The minimum Gasteiger partial charge on any atom is -0.444 e. The summed E-state index contributed by atoms with van der Waals surface area (Å²) in [7, 11) is 0. The largest absolute Gasteiger partial charge is 0.444 e. The maximum Gasteiger partial charge on any atom is 0.408 e. The fourth-order valence-corrected chi connectivity index (χ4v) is 4.48. The van der Waals surface area contributed by atoms with E-state index in [0.717, 1.165) is 42.4 Å². The van der Waals surface area contributed by atoms with E-state index >= 15 is 0 Å². The van der Waals surface area contributed by atoms with Gasteiger partial charge in [-0.3, -0.25) is 9.59 Å². The number of carbonyl (C=O) groups excluding carboxylic acids is 3. The Labute approximate surface area is 209 Å². The van der Waals surface area contributed by atoms with Crippen LogP contribution in [0, 0.1) is 13.8 Å². The first-order valence-electron chi connectivity index (χ1n) is 12.2. The maximum atomic E-state index is 13.6. The number of aryl methyl sites for hydroxylation is 2. The van der Waals surface area contributed by atoms with Crippen LogP contribution in [-0.4, -0.2) is 52.8 Å². The lowest BCUT2D eigenvalue weighted by atomic mass is 9.94. The molecule has 2 rings (SSSR count). The van der Waals surface area contributed by atoms with Crippen molar-refractivity contribution >= 4 is 30.5 Å². The van der Waals surface area contributed by atoms with Crippen molar-refractivity contribution in [2.24, 2.45) is 0 Å². The van der Waals surface area contributed by atoms with Gasteiger partial charge in [-0.1, -0.05) is 37.5 Å². The SMILES string of the molecule is CCN(C(=O)C(CS)NC(=O)OC(C)(C)C)C(C(=O)NC1CCCCC1)c1ccc(C)c(C)c1. The molecule has 0 saturated heterocycles. The molecule has 0 bridgehead atoms. The summed E-state index contributed by atoms with van der Waals surface area (Å²) >= 11 is 4.30. The molecule has 1 saturated carbocycles. The summed E-state index contributed by atoms with van der Waals surface area (Å²) < 4.78 is 5.32. The van der Waals surface area contributed by atoms with Gasteiger partial charge in [-0.25, -0.2) is 4.79 Å². The van der Waals surface area contributed by atoms with Crippen molar-refractivity contribution < 1.29 is 19.1 Å². The number of thiol groups is 1. The van der Waals surface area contributed by atoms with Gasteiger partial charge in [0.25, 0.3) is 0 Å². The highest BCUT2D eigenvalue weighted by Crippen LogP contribution is 2.26. The predicted octanol–water partition coefficient (Wildman–Crippen LogP) is 4.47. The minimum atomic E-state index is -0.922. The van der Waals surface area contributed by atoms with Gasteiger partial charge in [0.1, 0.15) is 17.7 Å². The topological polar surface area (TPSA) is 87.7 Å². The number of amides is 3. The molecule has 0 heterocycles. The number of hydrogen-bond donors (Lipinski definition) is 3. The Morgan fingerprint density at radius 3 is 2.29 bits per heavy atom. The Morgan fingerprint density at radius 2 is 1.76 bits per heavy atom. The normalized spacial score (nSPS) is 16.3. The molecular formula is C26H41N3O4S. The number of nitrogens with zero attached hydrogens (tertiary/aromatic N) is 1. The molecule has 3 amide bonds. The van der Waals surface area contributed by atoms with Crippen LogP contribution < -0.4 is 10.6 Å². The highest BCUT2D eigenvalue weighted by atomic mass is 32.1. The van der Waals surface area contributed by atoms with Crippen LogP contribution in [0.3, 0.4) is 0 Å². The molecule has 8 heteroatoms. The van der Waals surface area contributed by atoms with E-state index in [-0.39, 0.29) is 23.6 Å². The molecule has 0 aromatic heterocycles. The lowest BCUT2D eigenvalue weighted by Gasteiger charge is -2.35. The molecule has 34 heavy (non-hydrogen) atoms. The molecule has 1 aromatic carbocycles. The van der Waals surface area contributed by atoms with E-state index in [0.29, 0.717) is 6.54 Å². The highest BCUT2D eigenvalue weighted by Gasteiger charge is 2.36. The van der Waals surface area contributed by atoms with E-state index in [2.05, 4.69) is 23.3 Å². The Morgan fingerprint density at radius 1 is 1.12 bits per heavy atom. The van der Waals surface area contributed by atoms with Crippen molar-refractivity contribution in [1.82, 2.24) is 15.5 Å². The van der Waals surface area contributed by atoms with Gasteiger partial charge >= 0.3 is 6.09 Å². The van der Waals surface area contributed by atoms with Crippen molar-refractivity contribution in [3.8, 4) is 0 Å². The molecule has 0 spiro atoms. The molecule has 190 valence electrons. The van der Waals surface area contributed by atoms with E-state index in [1.54, 1.807) is 20.8 Å². The van der Waals surface area contributed by atoms with Crippen molar-refractivity contribution in [3.63, 3.8) is 0 Å². The van der Waals surface area contributed by atoms with Gasteiger partial charge in [-0.2, -0.15) is 12.6 Å². The monoisotopic (exact) mass is 491 g/mol. The quantitative estimate of drug-likeness (QED) is 0.469. The number of ether oxygens (including phenoxy) is 1. The van der Waals surface area contributed by atoms with Crippen LogP contribution in [0.4, 0.5) is 4.79 Å². The number of benzene rings is 1. The van der Waals surface area contributed by atoms with Gasteiger partial charge in [0.15, 0.2) is 0 Å². The smallest absolute Gasteiger partial charge is 0.408 e. The van der Waals surface area contributed by atoms with E-state index in [1.807, 2.05) is 39.0 Å². The van der Waals surface area contributed by atoms with Crippen molar-refractivity contribution in [2.45, 2.75) is 97.4 Å². The van der Waals surface area contributed by atoms with E-state index in [1.165, 1.54) is 11.3 Å². The molecule has 1 fully saturated rings. The lowest BCUT2D eigenvalue weighted by molar-refractivity contribution is -0.142. The number of hydrogen-bond acceptors (Lipinski definition) is 5. The summed E-state index contributed by atoms with van der Waals surface area (Å²) in [6.07, 6.45) is 4.59. The second kappa shape index (κ2) is 12.5. The lowest BCUT2D eigenvalue weighted by Crippen LogP contribution is -2.54. The van der Waals surface area contributed by atoms with Crippen LogP contribution in [0.2, 0.25) is 0 Å². The van der Waals surface area contributed by atoms with E-state index in [9.17, 15) is 14.4 Å². The molecule has 2 unspecified atom stereocenters. The molecule has 2 atom stereocenters. The fourth-order valence-electron chi connectivity index (χ4n) is 4.24. The zero-order valence-corrected chi connectivity index (χ0v) is 22.3. The third-order valence-corrected chi connectivity index (χ3v) is 6.52. The molecule has 2 N–H and O–H groups in total. The van der Waals surface area contributed by atoms with Gasteiger partial charge in [0.05, 0.1) is 0 Å². The van der Waals surface area contributed by atoms with E-state index in [4.69, 9.17) is 4.74 Å². The first-order valence-corrected chi connectivity index (χ1v) is 12.9. The summed E-state index contributed by atoms with van der Waals surface area (Å²) in [5.41, 5.74) is 2.22. The third kappa shape index (κ3) is 7.93. The second-order valence-corrected chi connectivity index (χ2v) is 10.5. The number of carbonyl (C=O) groups is 3. The van der Waals surface area contributed by atoms with Crippen molar-refractivity contribution in [2.75, 3.05) is 12.3 Å². The second-order valence-electron chi connectivity index (χ2n) is 10.1. The van der Waals surface area contributed by atoms with Crippen LogP contribution in [0.15, 0.2) is 18.2 Å². The standard InChI is InChI=1S/C26H41N3O4S/c1-7-29(24(31)21(16-34)28-25(32)33-26(4,5)6)22(19-14-13-17(2)18(3)15-19)23(30)27-20-11-9-8-10-12-20/h13-15,20-22,34H,7-12,16H2,1-6H3,(H,27,30)(H,28,32). The third-order valence-electron chi connectivity index (χ3n) is 6.15. The van der Waals surface area contributed by atoms with Crippen LogP contribution in [0.1, 0.15) is 82.5 Å². The fraction of sp³-hybridized carbons (Fsp3) is 0.654. The molecule has 7 nitrogen and oxygen atoms in total. The molecule has 1 aliphatic carbocycles. The predicted molar refractivity (Wildman–Crippen MR) is 138 cm³/mol. The first kappa shape index (κ1) is 28.0. The summed E-state index contributed by atoms with van der Waals surface area (Å²) in [6, 6.07) is 4.23. The van der Waals surface area contributed by atoms with Crippen molar-refractivity contribution in [3.05, 3.63) is 34.9 Å². The van der Waals surface area contributed by atoms with Gasteiger partial charge in [0, 0.05) is 18.3 Å². The number of alkyl carbamates (subject to hydrolysis) is 1. The summed E-state index contributed by atoms with van der Waals surface area (Å²) in [5.74, 6) is -0.482. The van der Waals surface area contributed by atoms with Crippen LogP contribution in [-0.2, 0) is 14.3 Å². The zero-order chi connectivity index (χ0) is 25.5. The Bertz CT molecular complexity index is 862.